The maximum atomic E-state index is 12.3. The number of piperidine rings is 1. The molecular weight excluding hydrogens is 294 g/mol. The molecular formula is C13H17N3O6. The summed E-state index contributed by atoms with van der Waals surface area (Å²) in [6, 6.07) is 0. The van der Waals surface area contributed by atoms with E-state index in [-0.39, 0.29) is 19.5 Å². The Morgan fingerprint density at radius 2 is 2.00 bits per heavy atom. The van der Waals surface area contributed by atoms with Crippen molar-refractivity contribution >= 4 is 11.6 Å². The van der Waals surface area contributed by atoms with Crippen LogP contribution in [0.15, 0.2) is 12.2 Å². The molecule has 2 bridgehead atoms. The lowest BCUT2D eigenvalue weighted by Crippen LogP contribution is -2.75. The maximum Gasteiger partial charge on any atom is 0.305 e. The lowest BCUT2D eigenvalue weighted by Gasteiger charge is -2.47. The molecule has 1 saturated heterocycles. The van der Waals surface area contributed by atoms with Gasteiger partial charge in [-0.25, -0.2) is 0 Å². The third kappa shape index (κ3) is 2.04. The van der Waals surface area contributed by atoms with Crippen molar-refractivity contribution in [2.75, 3.05) is 19.6 Å². The summed E-state index contributed by atoms with van der Waals surface area (Å²) in [4.78, 5) is 47.4. The van der Waals surface area contributed by atoms with Crippen molar-refractivity contribution in [3.8, 4) is 0 Å². The molecule has 0 aromatic heterocycles. The Balaban J connectivity index is 2.71. The minimum Gasteiger partial charge on any atom is -0.300 e. The summed E-state index contributed by atoms with van der Waals surface area (Å²) in [7, 11) is 0. The van der Waals surface area contributed by atoms with Gasteiger partial charge < -0.3 is 4.79 Å². The third-order valence-corrected chi connectivity index (χ3v) is 4.68. The Bertz CT molecular complexity index is 588. The summed E-state index contributed by atoms with van der Waals surface area (Å²) < 4.78 is 0. The van der Waals surface area contributed by atoms with Crippen LogP contribution >= 0.6 is 0 Å². The average molecular weight is 311 g/mol. The molecule has 0 unspecified atom stereocenters. The number of carbonyl (C=O) groups excluding carboxylic acids is 2. The summed E-state index contributed by atoms with van der Waals surface area (Å²) in [5.74, 6) is -2.46. The van der Waals surface area contributed by atoms with E-state index in [2.05, 4.69) is 0 Å². The van der Waals surface area contributed by atoms with Gasteiger partial charge in [-0.3, -0.25) is 29.9 Å². The van der Waals surface area contributed by atoms with Crippen LogP contribution in [0, 0.1) is 26.1 Å². The van der Waals surface area contributed by atoms with Gasteiger partial charge in [-0.1, -0.05) is 6.92 Å². The molecule has 120 valence electrons. The summed E-state index contributed by atoms with van der Waals surface area (Å²) in [5, 5.41) is 23.4. The Morgan fingerprint density at radius 1 is 1.36 bits per heavy atom. The third-order valence-electron chi connectivity index (χ3n) is 4.68. The van der Waals surface area contributed by atoms with E-state index in [1.807, 2.05) is 0 Å². The molecule has 0 aromatic carbocycles. The SMILES string of the molecule is CCN1C[C@]2([N+](=O)[O-])C(=O)C=C[C@@]([N+](=O)[O-])(C1)[C@@H]2CC(C)=O. The standard InChI is InChI=1S/C13H17N3O6/c1-3-14-7-12(15(19)20)5-4-11(18)13(8-14,16(21)22)10(12)6-9(2)17/h4-5,10H,3,6-8H2,1-2H3/t10-,12+,13+/m0/s1. The summed E-state index contributed by atoms with van der Waals surface area (Å²) in [6.07, 6.45) is 1.71. The fourth-order valence-electron chi connectivity index (χ4n) is 3.55. The quantitative estimate of drug-likeness (QED) is 0.520. The van der Waals surface area contributed by atoms with Crippen LogP contribution < -0.4 is 0 Å². The van der Waals surface area contributed by atoms with Crippen molar-refractivity contribution in [1.82, 2.24) is 4.90 Å². The number of carbonyl (C=O) groups is 2. The number of likely N-dealkylation sites (N-methyl/N-ethyl adjacent to an activating group) is 1. The molecule has 2 aliphatic rings. The van der Waals surface area contributed by atoms with Gasteiger partial charge >= 0.3 is 5.54 Å². The van der Waals surface area contributed by atoms with Crippen molar-refractivity contribution in [1.29, 1.82) is 0 Å². The van der Waals surface area contributed by atoms with Gasteiger partial charge in [0.25, 0.3) is 5.54 Å². The molecule has 9 nitrogen and oxygen atoms in total. The molecule has 1 aliphatic carbocycles. The minimum atomic E-state index is -2.14. The number of hydrogen-bond donors (Lipinski definition) is 0. The van der Waals surface area contributed by atoms with E-state index in [0.717, 1.165) is 12.2 Å². The van der Waals surface area contributed by atoms with Crippen molar-refractivity contribution in [3.05, 3.63) is 32.4 Å². The Morgan fingerprint density at radius 3 is 2.45 bits per heavy atom. The summed E-state index contributed by atoms with van der Waals surface area (Å²) in [5.41, 5.74) is -3.93. The number of likely N-dealkylation sites (tertiary alicyclic amines) is 1. The number of hydrogen-bond acceptors (Lipinski definition) is 7. The van der Waals surface area contributed by atoms with Crippen molar-refractivity contribution in [2.45, 2.75) is 31.3 Å². The summed E-state index contributed by atoms with van der Waals surface area (Å²) in [6.45, 7) is 3.02. The molecule has 1 heterocycles. The molecule has 0 aromatic rings. The van der Waals surface area contributed by atoms with Crippen LogP contribution in [0.5, 0.6) is 0 Å². The van der Waals surface area contributed by atoms with Gasteiger partial charge in [0.15, 0.2) is 0 Å². The fourth-order valence-corrected chi connectivity index (χ4v) is 3.55. The van der Waals surface area contributed by atoms with Crippen LogP contribution in [-0.4, -0.2) is 57.0 Å². The van der Waals surface area contributed by atoms with E-state index in [9.17, 15) is 29.8 Å². The molecule has 2 rings (SSSR count). The highest BCUT2D eigenvalue weighted by Gasteiger charge is 2.73. The van der Waals surface area contributed by atoms with E-state index in [1.165, 1.54) is 11.8 Å². The first-order valence-corrected chi connectivity index (χ1v) is 6.95. The predicted molar refractivity (Wildman–Crippen MR) is 74.5 cm³/mol. The van der Waals surface area contributed by atoms with E-state index in [4.69, 9.17) is 0 Å². The van der Waals surface area contributed by atoms with Crippen molar-refractivity contribution in [3.63, 3.8) is 0 Å². The normalized spacial score (nSPS) is 34.5. The van der Waals surface area contributed by atoms with E-state index in [1.54, 1.807) is 6.92 Å². The topological polar surface area (TPSA) is 124 Å². The van der Waals surface area contributed by atoms with Crippen molar-refractivity contribution in [2.24, 2.45) is 5.92 Å². The first-order valence-electron chi connectivity index (χ1n) is 6.95. The van der Waals surface area contributed by atoms with Crippen LogP contribution in [0.2, 0.25) is 0 Å². The second kappa shape index (κ2) is 5.24. The number of Topliss-reactive ketones (excluding diaryl/α,β-unsaturated/α-hetero) is 1. The minimum absolute atomic E-state index is 0.0478. The average Bonchev–Trinajstić information content (AvgIpc) is 2.42. The predicted octanol–water partition coefficient (Wildman–Crippen LogP) is 0.0871. The van der Waals surface area contributed by atoms with E-state index in [0.29, 0.717) is 6.54 Å². The van der Waals surface area contributed by atoms with E-state index >= 15 is 0 Å². The smallest absolute Gasteiger partial charge is 0.300 e. The largest absolute Gasteiger partial charge is 0.305 e. The second-order valence-electron chi connectivity index (χ2n) is 5.89. The van der Waals surface area contributed by atoms with Gasteiger partial charge in [-0.15, -0.1) is 0 Å². The highest BCUT2D eigenvalue weighted by molar-refractivity contribution is 5.99. The zero-order valence-electron chi connectivity index (χ0n) is 12.4. The maximum absolute atomic E-state index is 12.3. The molecule has 0 amide bonds. The Hall–Kier alpha value is -2.16. The molecule has 1 aliphatic heterocycles. The Labute approximate surface area is 126 Å². The van der Waals surface area contributed by atoms with Crippen molar-refractivity contribution < 1.29 is 19.4 Å². The van der Waals surface area contributed by atoms with E-state index < -0.39 is 38.4 Å². The number of nitro groups is 2. The van der Waals surface area contributed by atoms with Crippen LogP contribution in [-0.2, 0) is 9.59 Å². The molecule has 0 N–H and O–H groups in total. The number of rotatable bonds is 5. The second-order valence-corrected chi connectivity index (χ2v) is 5.89. The van der Waals surface area contributed by atoms with Crippen LogP contribution in [0.3, 0.4) is 0 Å². The molecule has 22 heavy (non-hydrogen) atoms. The van der Waals surface area contributed by atoms with Gasteiger partial charge in [0.1, 0.15) is 11.7 Å². The number of ketones is 2. The lowest BCUT2D eigenvalue weighted by molar-refractivity contribution is -0.623. The van der Waals surface area contributed by atoms with Crippen LogP contribution in [0.4, 0.5) is 0 Å². The van der Waals surface area contributed by atoms with Gasteiger partial charge in [-0.2, -0.15) is 0 Å². The Kier molecular flexibility index (Phi) is 3.86. The molecule has 0 saturated carbocycles. The highest BCUT2D eigenvalue weighted by Crippen LogP contribution is 2.45. The van der Waals surface area contributed by atoms with Gasteiger partial charge in [-0.05, 0) is 25.6 Å². The molecule has 0 spiro atoms. The van der Waals surface area contributed by atoms with Crippen LogP contribution in [0.25, 0.3) is 0 Å². The molecule has 3 atom stereocenters. The zero-order chi connectivity index (χ0) is 16.7. The monoisotopic (exact) mass is 311 g/mol. The van der Waals surface area contributed by atoms with Crippen LogP contribution in [0.1, 0.15) is 20.3 Å². The highest BCUT2D eigenvalue weighted by atomic mass is 16.6. The summed E-state index contributed by atoms with van der Waals surface area (Å²) >= 11 is 0. The molecule has 0 radical (unpaired) electrons. The molecule has 1 fully saturated rings. The number of nitrogens with zero attached hydrogens (tertiary/aromatic N) is 3. The van der Waals surface area contributed by atoms with Gasteiger partial charge in [0, 0.05) is 16.3 Å². The first kappa shape index (κ1) is 16.2. The lowest BCUT2D eigenvalue weighted by atomic mass is 9.61. The first-order chi connectivity index (χ1) is 10.2. The van der Waals surface area contributed by atoms with Gasteiger partial charge in [0.2, 0.25) is 5.78 Å². The van der Waals surface area contributed by atoms with Gasteiger partial charge in [0.05, 0.1) is 13.1 Å². The zero-order valence-corrected chi connectivity index (χ0v) is 12.4. The molecule has 9 heteroatoms. The number of fused-ring (bicyclic) bond motifs is 2. The fraction of sp³-hybridized carbons (Fsp3) is 0.692.